The molecular formula is C11H21NO. The van der Waals surface area contributed by atoms with E-state index in [1.807, 2.05) is 0 Å². The number of hydrogen-bond acceptors (Lipinski definition) is 2. The molecule has 2 rings (SSSR count). The first-order chi connectivity index (χ1) is 6.29. The van der Waals surface area contributed by atoms with Crippen molar-refractivity contribution in [3.63, 3.8) is 0 Å². The van der Waals surface area contributed by atoms with E-state index in [0.29, 0.717) is 11.8 Å². The van der Waals surface area contributed by atoms with Crippen molar-refractivity contribution in [1.29, 1.82) is 0 Å². The quantitative estimate of drug-likeness (QED) is 0.678. The van der Waals surface area contributed by atoms with E-state index in [9.17, 15) is 5.11 Å². The fraction of sp³-hybridized carbons (Fsp3) is 1.00. The van der Waals surface area contributed by atoms with Gasteiger partial charge in [0, 0.05) is 19.0 Å². The predicted molar refractivity (Wildman–Crippen MR) is 53.5 cm³/mol. The molecule has 1 aliphatic carbocycles. The topological polar surface area (TPSA) is 32.3 Å². The van der Waals surface area contributed by atoms with Gasteiger partial charge in [-0.25, -0.2) is 0 Å². The fourth-order valence-electron chi connectivity index (χ4n) is 2.75. The van der Waals surface area contributed by atoms with E-state index in [0.717, 1.165) is 19.0 Å². The van der Waals surface area contributed by atoms with Crippen molar-refractivity contribution in [2.75, 3.05) is 13.1 Å². The van der Waals surface area contributed by atoms with Gasteiger partial charge in [0.25, 0.3) is 0 Å². The van der Waals surface area contributed by atoms with Crippen LogP contribution in [0.1, 0.15) is 32.6 Å². The highest BCUT2D eigenvalue weighted by molar-refractivity contribution is 4.88. The van der Waals surface area contributed by atoms with Gasteiger partial charge in [0.15, 0.2) is 0 Å². The lowest BCUT2D eigenvalue weighted by molar-refractivity contribution is -0.00831. The molecule has 13 heavy (non-hydrogen) atoms. The molecule has 1 saturated carbocycles. The summed E-state index contributed by atoms with van der Waals surface area (Å²) in [5.74, 6) is 1.87. The highest BCUT2D eigenvalue weighted by Crippen LogP contribution is 2.34. The molecule has 0 radical (unpaired) electrons. The second-order valence-corrected chi connectivity index (χ2v) is 4.83. The van der Waals surface area contributed by atoms with E-state index in [4.69, 9.17) is 0 Å². The van der Waals surface area contributed by atoms with Crippen LogP contribution >= 0.6 is 0 Å². The van der Waals surface area contributed by atoms with E-state index in [-0.39, 0.29) is 6.10 Å². The molecule has 1 aliphatic heterocycles. The summed E-state index contributed by atoms with van der Waals surface area (Å²) in [4.78, 5) is 0. The van der Waals surface area contributed by atoms with Crippen LogP contribution < -0.4 is 5.32 Å². The van der Waals surface area contributed by atoms with Crippen molar-refractivity contribution in [3.8, 4) is 0 Å². The molecule has 2 heteroatoms. The molecule has 3 unspecified atom stereocenters. The molecule has 0 aromatic carbocycles. The van der Waals surface area contributed by atoms with Crippen LogP contribution in [0.25, 0.3) is 0 Å². The van der Waals surface area contributed by atoms with Crippen LogP contribution in [0, 0.1) is 17.8 Å². The minimum Gasteiger partial charge on any atom is -0.392 e. The largest absolute Gasteiger partial charge is 0.392 e. The standard InChI is InChI=1S/C11H21NO/c1-8-4-2-3-5-10(8)11(13)9-6-12-7-9/h8-13H,2-7H2,1H3. The summed E-state index contributed by atoms with van der Waals surface area (Å²) >= 11 is 0. The molecule has 0 spiro atoms. The number of hydrogen-bond donors (Lipinski definition) is 2. The van der Waals surface area contributed by atoms with Crippen molar-refractivity contribution in [3.05, 3.63) is 0 Å². The minimum atomic E-state index is -0.0310. The lowest BCUT2D eigenvalue weighted by Crippen LogP contribution is -2.52. The Morgan fingerprint density at radius 1 is 1.23 bits per heavy atom. The molecule has 2 fully saturated rings. The number of rotatable bonds is 2. The van der Waals surface area contributed by atoms with Crippen LogP contribution in [0.4, 0.5) is 0 Å². The van der Waals surface area contributed by atoms with Crippen LogP contribution in [0.15, 0.2) is 0 Å². The molecule has 1 heterocycles. The zero-order chi connectivity index (χ0) is 9.26. The first-order valence-electron chi connectivity index (χ1n) is 5.68. The van der Waals surface area contributed by atoms with Crippen LogP contribution in [0.2, 0.25) is 0 Å². The summed E-state index contributed by atoms with van der Waals surface area (Å²) in [5.41, 5.74) is 0. The normalized spacial score (nSPS) is 38.3. The van der Waals surface area contributed by atoms with Crippen LogP contribution in [-0.4, -0.2) is 24.3 Å². The maximum atomic E-state index is 10.1. The Balaban J connectivity index is 1.88. The molecule has 2 N–H and O–H groups in total. The molecular weight excluding hydrogens is 162 g/mol. The van der Waals surface area contributed by atoms with E-state index >= 15 is 0 Å². The van der Waals surface area contributed by atoms with E-state index in [1.165, 1.54) is 25.7 Å². The van der Waals surface area contributed by atoms with Crippen LogP contribution in [0.3, 0.4) is 0 Å². The fourth-order valence-corrected chi connectivity index (χ4v) is 2.75. The number of aliphatic hydroxyl groups is 1. The Bertz CT molecular complexity index is 167. The highest BCUT2D eigenvalue weighted by atomic mass is 16.3. The highest BCUT2D eigenvalue weighted by Gasteiger charge is 2.35. The zero-order valence-electron chi connectivity index (χ0n) is 8.50. The molecule has 2 nitrogen and oxygen atoms in total. The van der Waals surface area contributed by atoms with Gasteiger partial charge >= 0.3 is 0 Å². The van der Waals surface area contributed by atoms with E-state index < -0.39 is 0 Å². The third-order valence-electron chi connectivity index (χ3n) is 3.91. The van der Waals surface area contributed by atoms with Crippen LogP contribution in [-0.2, 0) is 0 Å². The molecule has 0 aromatic rings. The third-order valence-corrected chi connectivity index (χ3v) is 3.91. The van der Waals surface area contributed by atoms with Gasteiger partial charge in [0.1, 0.15) is 0 Å². The monoisotopic (exact) mass is 183 g/mol. The summed E-state index contributed by atoms with van der Waals surface area (Å²) < 4.78 is 0. The second kappa shape index (κ2) is 3.97. The summed E-state index contributed by atoms with van der Waals surface area (Å²) in [6, 6.07) is 0. The van der Waals surface area contributed by atoms with Crippen molar-refractivity contribution >= 4 is 0 Å². The first-order valence-corrected chi connectivity index (χ1v) is 5.68. The molecule has 0 amide bonds. The number of aliphatic hydroxyl groups excluding tert-OH is 1. The summed E-state index contributed by atoms with van der Waals surface area (Å²) in [6.45, 7) is 4.37. The number of nitrogens with one attached hydrogen (secondary N) is 1. The molecule has 76 valence electrons. The third kappa shape index (κ3) is 1.89. The molecule has 0 aromatic heterocycles. The average Bonchev–Trinajstić information content (AvgIpc) is 2.01. The Morgan fingerprint density at radius 2 is 1.92 bits per heavy atom. The Hall–Kier alpha value is -0.0800. The van der Waals surface area contributed by atoms with Gasteiger partial charge in [0.05, 0.1) is 6.10 Å². The van der Waals surface area contributed by atoms with Crippen LogP contribution in [0.5, 0.6) is 0 Å². The van der Waals surface area contributed by atoms with Gasteiger partial charge in [-0.3, -0.25) is 0 Å². The van der Waals surface area contributed by atoms with Gasteiger partial charge in [0.2, 0.25) is 0 Å². The minimum absolute atomic E-state index is 0.0310. The SMILES string of the molecule is CC1CCCCC1C(O)C1CNC1. The van der Waals surface area contributed by atoms with Gasteiger partial charge in [-0.2, -0.15) is 0 Å². The average molecular weight is 183 g/mol. The van der Waals surface area contributed by atoms with Crippen molar-refractivity contribution in [2.45, 2.75) is 38.7 Å². The lowest BCUT2D eigenvalue weighted by Gasteiger charge is -2.40. The van der Waals surface area contributed by atoms with E-state index in [2.05, 4.69) is 12.2 Å². The maximum Gasteiger partial charge on any atom is 0.0623 e. The predicted octanol–water partition coefficient (Wildman–Crippen LogP) is 1.39. The van der Waals surface area contributed by atoms with Crippen molar-refractivity contribution in [1.82, 2.24) is 5.32 Å². The second-order valence-electron chi connectivity index (χ2n) is 4.83. The van der Waals surface area contributed by atoms with E-state index in [1.54, 1.807) is 0 Å². The summed E-state index contributed by atoms with van der Waals surface area (Å²) in [7, 11) is 0. The molecule has 3 atom stereocenters. The molecule has 1 saturated heterocycles. The first kappa shape index (κ1) is 9.47. The van der Waals surface area contributed by atoms with Gasteiger partial charge in [-0.05, 0) is 18.3 Å². The lowest BCUT2D eigenvalue weighted by atomic mass is 9.73. The van der Waals surface area contributed by atoms with Gasteiger partial charge in [-0.15, -0.1) is 0 Å². The Kier molecular flexibility index (Phi) is 2.89. The smallest absolute Gasteiger partial charge is 0.0623 e. The van der Waals surface area contributed by atoms with Crippen molar-refractivity contribution in [2.24, 2.45) is 17.8 Å². The van der Waals surface area contributed by atoms with Gasteiger partial charge in [-0.1, -0.05) is 26.2 Å². The Morgan fingerprint density at radius 3 is 2.46 bits per heavy atom. The summed E-state index contributed by atoms with van der Waals surface area (Å²) in [5, 5.41) is 13.4. The zero-order valence-corrected chi connectivity index (χ0v) is 8.50. The molecule has 2 aliphatic rings. The maximum absolute atomic E-state index is 10.1. The molecule has 0 bridgehead atoms. The van der Waals surface area contributed by atoms with Crippen molar-refractivity contribution < 1.29 is 5.11 Å². The van der Waals surface area contributed by atoms with Gasteiger partial charge < -0.3 is 10.4 Å². The Labute approximate surface area is 80.7 Å². The summed E-state index contributed by atoms with van der Waals surface area (Å²) in [6.07, 6.45) is 5.23.